The minimum atomic E-state index is -0.429. The highest BCUT2D eigenvalue weighted by Crippen LogP contribution is 2.37. The Kier molecular flexibility index (Phi) is 6.75. The molecule has 35 heavy (non-hydrogen) atoms. The summed E-state index contributed by atoms with van der Waals surface area (Å²) in [5, 5.41) is 6.92. The third kappa shape index (κ3) is 4.90. The molecule has 1 amide bonds. The summed E-state index contributed by atoms with van der Waals surface area (Å²) in [6.07, 6.45) is 6.31. The van der Waals surface area contributed by atoms with Crippen molar-refractivity contribution in [3.8, 4) is 0 Å². The fraction of sp³-hybridized carbons (Fsp3) is 0.500. The fourth-order valence-corrected chi connectivity index (χ4v) is 5.06. The van der Waals surface area contributed by atoms with Crippen molar-refractivity contribution in [2.24, 2.45) is 11.7 Å². The Balaban J connectivity index is 1.51. The smallest absolute Gasteiger partial charge is 0.224 e. The predicted octanol–water partition coefficient (Wildman–Crippen LogP) is 4.48. The molecule has 1 aromatic carbocycles. The molecule has 1 saturated carbocycles. The number of aromatic nitrogens is 4. The van der Waals surface area contributed by atoms with Gasteiger partial charge in [0.05, 0.1) is 11.9 Å². The summed E-state index contributed by atoms with van der Waals surface area (Å²) in [5.74, 6) is 0.175. The van der Waals surface area contributed by atoms with E-state index in [0.717, 1.165) is 25.7 Å². The summed E-state index contributed by atoms with van der Waals surface area (Å²) in [5.41, 5.74) is 7.45. The first-order valence-electron chi connectivity index (χ1n) is 12.0. The van der Waals surface area contributed by atoms with Crippen LogP contribution in [0.1, 0.15) is 50.1 Å². The van der Waals surface area contributed by atoms with Crippen LogP contribution in [-0.2, 0) is 9.53 Å². The maximum Gasteiger partial charge on any atom is 0.224 e. The normalized spacial score (nSPS) is 21.2. The van der Waals surface area contributed by atoms with Gasteiger partial charge in [0.15, 0.2) is 11.5 Å². The van der Waals surface area contributed by atoms with Crippen LogP contribution < -0.4 is 16.4 Å². The average molecular weight is 502 g/mol. The van der Waals surface area contributed by atoms with Gasteiger partial charge in [-0.1, -0.05) is 11.6 Å². The summed E-state index contributed by atoms with van der Waals surface area (Å²) in [7, 11) is 0. The van der Waals surface area contributed by atoms with Crippen LogP contribution in [0.3, 0.4) is 0 Å². The van der Waals surface area contributed by atoms with Crippen LogP contribution in [0.15, 0.2) is 18.3 Å². The van der Waals surface area contributed by atoms with Gasteiger partial charge in [0.25, 0.3) is 0 Å². The highest BCUT2D eigenvalue weighted by atomic mass is 35.5. The number of ether oxygens (including phenoxy) is 1. The first kappa shape index (κ1) is 23.7. The lowest BCUT2D eigenvalue weighted by Crippen LogP contribution is -2.29. The summed E-state index contributed by atoms with van der Waals surface area (Å²) in [6.45, 7) is 3.05. The van der Waals surface area contributed by atoms with Crippen LogP contribution in [0.25, 0.3) is 11.2 Å². The van der Waals surface area contributed by atoms with Crippen molar-refractivity contribution >= 4 is 46.3 Å². The Morgan fingerprint density at radius 3 is 2.63 bits per heavy atom. The molecule has 5 rings (SSSR count). The van der Waals surface area contributed by atoms with Gasteiger partial charge in [0, 0.05) is 41.8 Å². The number of benzene rings is 1. The second-order valence-corrected chi connectivity index (χ2v) is 9.71. The summed E-state index contributed by atoms with van der Waals surface area (Å²) in [4.78, 5) is 25.7. The Morgan fingerprint density at radius 2 is 1.91 bits per heavy atom. The monoisotopic (exact) mass is 501 g/mol. The quantitative estimate of drug-likeness (QED) is 0.455. The number of nitrogens with one attached hydrogen (secondary N) is 2. The lowest BCUT2D eigenvalue weighted by molar-refractivity contribution is -0.122. The van der Waals surface area contributed by atoms with Crippen LogP contribution in [0.5, 0.6) is 0 Å². The number of nitrogens with zero attached hydrogens (tertiary/aromatic N) is 4. The van der Waals surface area contributed by atoms with E-state index in [-0.39, 0.29) is 29.6 Å². The zero-order chi connectivity index (χ0) is 24.5. The maximum absolute atomic E-state index is 15.0. The van der Waals surface area contributed by atoms with Crippen LogP contribution in [-0.4, -0.2) is 44.7 Å². The number of hydrogen-bond donors (Lipinski definition) is 3. The molecule has 1 aliphatic heterocycles. The third-order valence-electron chi connectivity index (χ3n) is 7.02. The minimum absolute atomic E-state index is 0.0281. The van der Waals surface area contributed by atoms with Gasteiger partial charge >= 0.3 is 0 Å². The molecule has 0 unspecified atom stereocenters. The number of amides is 1. The largest absolute Gasteiger partial charge is 0.381 e. The van der Waals surface area contributed by atoms with Gasteiger partial charge in [-0.15, -0.1) is 0 Å². The Labute approximate surface area is 207 Å². The number of halogens is 2. The van der Waals surface area contributed by atoms with Crippen molar-refractivity contribution in [2.75, 3.05) is 23.8 Å². The van der Waals surface area contributed by atoms with Crippen LogP contribution >= 0.6 is 11.6 Å². The van der Waals surface area contributed by atoms with Crippen LogP contribution in [0.4, 0.5) is 22.0 Å². The first-order chi connectivity index (χ1) is 16.9. The molecule has 3 heterocycles. The molecular weight excluding hydrogens is 473 g/mol. The molecule has 0 bridgehead atoms. The van der Waals surface area contributed by atoms with E-state index in [0.29, 0.717) is 59.7 Å². The van der Waals surface area contributed by atoms with Crippen LogP contribution in [0, 0.1) is 18.7 Å². The number of carbonyl (C=O) groups excluding carboxylic acids is 1. The highest BCUT2D eigenvalue weighted by Gasteiger charge is 2.29. The van der Waals surface area contributed by atoms with Gasteiger partial charge in [-0.05, 0) is 57.6 Å². The van der Waals surface area contributed by atoms with Crippen molar-refractivity contribution in [1.29, 1.82) is 0 Å². The summed E-state index contributed by atoms with van der Waals surface area (Å²) < 4.78 is 22.4. The standard InChI is InChI=1S/C24H29ClFN7O2/c1-13-17(25)6-7-18(20(13)26)30-24-31-19-12-28-23(29-15-8-10-35-11-9-15)32-22(19)33(24)16-4-2-14(3-5-16)21(27)34/h6-7,12,14-16H,2-5,8-11H2,1H3,(H2,27,34)(H,30,31)(H,28,29,32)/t14-,16+. The molecule has 2 aromatic heterocycles. The number of rotatable bonds is 6. The van der Waals surface area contributed by atoms with E-state index in [9.17, 15) is 9.18 Å². The topological polar surface area (TPSA) is 120 Å². The van der Waals surface area contributed by atoms with Gasteiger partial charge in [0.2, 0.25) is 17.8 Å². The van der Waals surface area contributed by atoms with Crippen molar-refractivity contribution in [3.63, 3.8) is 0 Å². The minimum Gasteiger partial charge on any atom is -0.381 e. The predicted molar refractivity (Wildman–Crippen MR) is 132 cm³/mol. The van der Waals surface area contributed by atoms with E-state index >= 15 is 0 Å². The summed E-state index contributed by atoms with van der Waals surface area (Å²) >= 11 is 6.08. The van der Waals surface area contributed by atoms with Gasteiger partial charge in [0.1, 0.15) is 5.52 Å². The molecule has 2 aliphatic rings. The maximum atomic E-state index is 15.0. The molecule has 4 N–H and O–H groups in total. The molecule has 2 fully saturated rings. The second kappa shape index (κ2) is 9.94. The Bertz CT molecular complexity index is 1240. The molecular formula is C24H29ClFN7O2. The van der Waals surface area contributed by atoms with Crippen molar-refractivity contribution < 1.29 is 13.9 Å². The zero-order valence-electron chi connectivity index (χ0n) is 19.6. The first-order valence-corrected chi connectivity index (χ1v) is 12.4. The lowest BCUT2D eigenvalue weighted by Gasteiger charge is -2.29. The van der Waals surface area contributed by atoms with Crippen molar-refractivity contribution in [1.82, 2.24) is 19.5 Å². The number of primary amides is 1. The van der Waals surface area contributed by atoms with Crippen molar-refractivity contribution in [2.45, 2.75) is 57.5 Å². The molecule has 0 atom stereocenters. The average Bonchev–Trinajstić information content (AvgIpc) is 3.22. The molecule has 11 heteroatoms. The molecule has 3 aromatic rings. The van der Waals surface area contributed by atoms with E-state index in [4.69, 9.17) is 32.0 Å². The van der Waals surface area contributed by atoms with E-state index < -0.39 is 5.82 Å². The molecule has 0 spiro atoms. The second-order valence-electron chi connectivity index (χ2n) is 9.31. The van der Waals surface area contributed by atoms with Crippen LogP contribution in [0.2, 0.25) is 5.02 Å². The fourth-order valence-electron chi connectivity index (χ4n) is 4.92. The highest BCUT2D eigenvalue weighted by molar-refractivity contribution is 6.31. The van der Waals surface area contributed by atoms with E-state index in [1.165, 1.54) is 0 Å². The molecule has 186 valence electrons. The number of nitrogens with two attached hydrogens (primary N) is 1. The number of imidazole rings is 1. The van der Waals surface area contributed by atoms with Gasteiger partial charge in [-0.2, -0.15) is 4.98 Å². The molecule has 1 aliphatic carbocycles. The molecule has 9 nitrogen and oxygen atoms in total. The van der Waals surface area contributed by atoms with Gasteiger partial charge < -0.3 is 21.1 Å². The Morgan fingerprint density at radius 1 is 1.17 bits per heavy atom. The molecule has 0 radical (unpaired) electrons. The molecule has 1 saturated heterocycles. The Hall–Kier alpha value is -2.98. The van der Waals surface area contributed by atoms with E-state index in [2.05, 4.69) is 15.6 Å². The van der Waals surface area contributed by atoms with E-state index in [1.807, 2.05) is 4.57 Å². The number of carbonyl (C=O) groups is 1. The SMILES string of the molecule is Cc1c(Cl)ccc(Nc2nc3cnc(NC4CCOCC4)nc3n2[C@H]2CC[C@@H](C(N)=O)CC2)c1F. The zero-order valence-corrected chi connectivity index (χ0v) is 20.3. The summed E-state index contributed by atoms with van der Waals surface area (Å²) in [6, 6.07) is 3.53. The van der Waals surface area contributed by atoms with Gasteiger partial charge in [-0.3, -0.25) is 9.36 Å². The van der Waals surface area contributed by atoms with E-state index in [1.54, 1.807) is 25.3 Å². The number of fused-ring (bicyclic) bond motifs is 1. The lowest BCUT2D eigenvalue weighted by atomic mass is 9.85. The number of anilines is 3. The third-order valence-corrected chi connectivity index (χ3v) is 7.43. The number of hydrogen-bond acceptors (Lipinski definition) is 7. The van der Waals surface area contributed by atoms with Gasteiger partial charge in [-0.25, -0.2) is 14.4 Å². The van der Waals surface area contributed by atoms with Crippen molar-refractivity contribution in [3.05, 3.63) is 34.7 Å².